The summed E-state index contributed by atoms with van der Waals surface area (Å²) < 4.78 is 7.31. The fourth-order valence-electron chi connectivity index (χ4n) is 3.67. The van der Waals surface area contributed by atoms with E-state index in [2.05, 4.69) is 9.78 Å². The number of aliphatic hydroxyl groups excluding tert-OH is 1. The highest BCUT2D eigenvalue weighted by Gasteiger charge is 2.30. The molecule has 1 aliphatic carbocycles. The van der Waals surface area contributed by atoms with E-state index < -0.39 is 0 Å². The van der Waals surface area contributed by atoms with Crippen LogP contribution >= 0.6 is 0 Å². The lowest BCUT2D eigenvalue weighted by atomic mass is 10.0. The molecule has 6 nitrogen and oxygen atoms in total. The molecule has 0 spiro atoms. The molecular formula is C20H25N3O3. The average Bonchev–Trinajstić information content (AvgIpc) is 3.42. The molecular weight excluding hydrogens is 330 g/mol. The van der Waals surface area contributed by atoms with Crippen LogP contribution in [0.5, 0.6) is 5.75 Å². The lowest BCUT2D eigenvalue weighted by molar-refractivity contribution is -0.131. The van der Waals surface area contributed by atoms with Gasteiger partial charge in [-0.25, -0.2) is 0 Å². The third-order valence-electron chi connectivity index (χ3n) is 5.34. The summed E-state index contributed by atoms with van der Waals surface area (Å²) >= 11 is 0. The van der Waals surface area contributed by atoms with Crippen molar-refractivity contribution in [3.05, 3.63) is 46.8 Å². The number of hydrogen-bond donors (Lipinski definition) is 1. The molecule has 1 fully saturated rings. The number of ether oxygens (including phenoxy) is 1. The number of carbonyl (C=O) groups excluding carboxylic acids is 1. The number of rotatable bonds is 6. The van der Waals surface area contributed by atoms with Gasteiger partial charge in [-0.1, -0.05) is 12.1 Å². The number of methoxy groups -OCH3 is 1. The smallest absolute Gasteiger partial charge is 0.227 e. The number of benzene rings is 1. The van der Waals surface area contributed by atoms with Gasteiger partial charge in [0.15, 0.2) is 0 Å². The maximum absolute atomic E-state index is 12.8. The summed E-state index contributed by atoms with van der Waals surface area (Å²) in [6.45, 7) is 2.12. The van der Waals surface area contributed by atoms with E-state index in [1.807, 2.05) is 29.2 Å². The van der Waals surface area contributed by atoms with Crippen LogP contribution in [0.2, 0.25) is 0 Å². The Morgan fingerprint density at radius 1 is 1.38 bits per heavy atom. The first-order valence-electron chi connectivity index (χ1n) is 9.27. The van der Waals surface area contributed by atoms with Crippen molar-refractivity contribution >= 4 is 5.91 Å². The largest absolute Gasteiger partial charge is 0.497 e. The first kappa shape index (κ1) is 17.1. The van der Waals surface area contributed by atoms with Gasteiger partial charge in [0, 0.05) is 37.3 Å². The first-order valence-corrected chi connectivity index (χ1v) is 9.27. The van der Waals surface area contributed by atoms with Gasteiger partial charge in [-0.2, -0.15) is 5.10 Å². The number of nitrogens with zero attached hydrogens (tertiary/aromatic N) is 3. The van der Waals surface area contributed by atoms with Gasteiger partial charge in [0.1, 0.15) is 5.75 Å². The molecule has 6 heteroatoms. The summed E-state index contributed by atoms with van der Waals surface area (Å²) in [5.41, 5.74) is 3.91. The number of aromatic nitrogens is 2. The Labute approximate surface area is 153 Å². The molecule has 138 valence electrons. The van der Waals surface area contributed by atoms with Crippen LogP contribution in [-0.2, 0) is 37.3 Å². The van der Waals surface area contributed by atoms with Gasteiger partial charge in [-0.15, -0.1) is 0 Å². The van der Waals surface area contributed by atoms with Crippen LogP contribution < -0.4 is 4.74 Å². The molecule has 4 rings (SSSR count). The monoisotopic (exact) mass is 355 g/mol. The van der Waals surface area contributed by atoms with Gasteiger partial charge in [0.2, 0.25) is 5.91 Å². The van der Waals surface area contributed by atoms with Crippen LogP contribution in [0.1, 0.15) is 35.4 Å². The minimum atomic E-state index is -0.0715. The van der Waals surface area contributed by atoms with Gasteiger partial charge in [-0.3, -0.25) is 9.48 Å². The Morgan fingerprint density at radius 3 is 2.96 bits per heavy atom. The predicted molar refractivity (Wildman–Crippen MR) is 96.7 cm³/mol. The summed E-state index contributed by atoms with van der Waals surface area (Å²) in [7, 11) is 1.63. The molecule has 0 radical (unpaired) electrons. The van der Waals surface area contributed by atoms with E-state index in [1.165, 1.54) is 18.5 Å². The number of fused-ring (bicyclic) bond motifs is 1. The third-order valence-corrected chi connectivity index (χ3v) is 5.34. The van der Waals surface area contributed by atoms with Gasteiger partial charge in [0.25, 0.3) is 0 Å². The van der Waals surface area contributed by atoms with Crippen molar-refractivity contribution in [2.45, 2.75) is 45.4 Å². The molecule has 1 aromatic heterocycles. The minimum Gasteiger partial charge on any atom is -0.497 e. The summed E-state index contributed by atoms with van der Waals surface area (Å²) in [6.07, 6.45) is 3.71. The van der Waals surface area contributed by atoms with E-state index in [0.29, 0.717) is 19.5 Å². The highest BCUT2D eigenvalue weighted by Crippen LogP contribution is 2.32. The maximum Gasteiger partial charge on any atom is 0.227 e. The normalized spacial score (nSPS) is 16.5. The number of amides is 1. The summed E-state index contributed by atoms with van der Waals surface area (Å²) in [4.78, 5) is 14.6. The van der Waals surface area contributed by atoms with Crippen LogP contribution in [-0.4, -0.2) is 39.3 Å². The van der Waals surface area contributed by atoms with Crippen LogP contribution in [0.25, 0.3) is 0 Å². The Kier molecular flexibility index (Phi) is 4.68. The van der Waals surface area contributed by atoms with Gasteiger partial charge >= 0.3 is 0 Å². The molecule has 1 aliphatic heterocycles. The molecule has 0 atom stereocenters. The van der Waals surface area contributed by atoms with E-state index >= 15 is 0 Å². The standard InChI is InChI=1S/C20H25N3O3/c1-26-16-4-2-3-15(9-16)10-20(25)22-8-7-19-17(12-22)18(13-24)21-23(19)11-14-5-6-14/h2-4,9,14,24H,5-8,10-13H2,1H3. The molecule has 0 unspecified atom stereocenters. The third kappa shape index (κ3) is 3.46. The molecule has 1 amide bonds. The predicted octanol–water partition coefficient (Wildman–Crippen LogP) is 1.92. The SMILES string of the molecule is COc1cccc(CC(=O)N2CCc3c(c(CO)nn3CC3CC3)C2)c1. The van der Waals surface area contributed by atoms with Gasteiger partial charge < -0.3 is 14.7 Å². The second kappa shape index (κ2) is 7.11. The van der Waals surface area contributed by atoms with Crippen molar-refractivity contribution in [3.8, 4) is 5.75 Å². The quantitative estimate of drug-likeness (QED) is 0.860. The molecule has 1 saturated carbocycles. The molecule has 0 bridgehead atoms. The van der Waals surface area contributed by atoms with Crippen molar-refractivity contribution in [2.24, 2.45) is 5.92 Å². The van der Waals surface area contributed by atoms with Crippen molar-refractivity contribution < 1.29 is 14.6 Å². The molecule has 2 aliphatic rings. The molecule has 1 N–H and O–H groups in total. The van der Waals surface area contributed by atoms with Gasteiger partial charge in [-0.05, 0) is 36.5 Å². The van der Waals surface area contributed by atoms with Crippen LogP contribution in [0.3, 0.4) is 0 Å². The molecule has 0 saturated heterocycles. The van der Waals surface area contributed by atoms with Crippen LogP contribution in [0.15, 0.2) is 24.3 Å². The van der Waals surface area contributed by atoms with E-state index in [4.69, 9.17) is 4.74 Å². The highest BCUT2D eigenvalue weighted by atomic mass is 16.5. The second-order valence-corrected chi connectivity index (χ2v) is 7.25. The Bertz CT molecular complexity index is 811. The number of carbonyl (C=O) groups is 1. The Hall–Kier alpha value is -2.34. The van der Waals surface area contributed by atoms with E-state index in [1.54, 1.807) is 7.11 Å². The van der Waals surface area contributed by atoms with Crippen LogP contribution in [0.4, 0.5) is 0 Å². The lowest BCUT2D eigenvalue weighted by Gasteiger charge is -2.28. The minimum absolute atomic E-state index is 0.0715. The molecule has 26 heavy (non-hydrogen) atoms. The zero-order valence-corrected chi connectivity index (χ0v) is 15.1. The molecule has 2 heterocycles. The van der Waals surface area contributed by atoms with E-state index in [-0.39, 0.29) is 12.5 Å². The van der Waals surface area contributed by atoms with Crippen molar-refractivity contribution in [2.75, 3.05) is 13.7 Å². The summed E-state index contributed by atoms with van der Waals surface area (Å²) in [6, 6.07) is 7.63. The fourth-order valence-corrected chi connectivity index (χ4v) is 3.67. The zero-order valence-electron chi connectivity index (χ0n) is 15.1. The van der Waals surface area contributed by atoms with E-state index in [0.717, 1.165) is 41.5 Å². The van der Waals surface area contributed by atoms with Crippen LogP contribution in [0, 0.1) is 5.92 Å². The second-order valence-electron chi connectivity index (χ2n) is 7.25. The highest BCUT2D eigenvalue weighted by molar-refractivity contribution is 5.79. The van der Waals surface area contributed by atoms with E-state index in [9.17, 15) is 9.90 Å². The summed E-state index contributed by atoms with van der Waals surface area (Å²) in [5, 5.41) is 14.3. The lowest BCUT2D eigenvalue weighted by Crippen LogP contribution is -2.37. The zero-order chi connectivity index (χ0) is 18.1. The number of hydrogen-bond acceptors (Lipinski definition) is 4. The van der Waals surface area contributed by atoms with Crippen molar-refractivity contribution in [1.29, 1.82) is 0 Å². The molecule has 2 aromatic rings. The van der Waals surface area contributed by atoms with Gasteiger partial charge in [0.05, 0.1) is 25.8 Å². The number of aliphatic hydroxyl groups is 1. The molecule has 1 aromatic carbocycles. The average molecular weight is 355 g/mol. The van der Waals surface area contributed by atoms with Crippen molar-refractivity contribution in [3.63, 3.8) is 0 Å². The maximum atomic E-state index is 12.8. The topological polar surface area (TPSA) is 67.6 Å². The Morgan fingerprint density at radius 2 is 2.23 bits per heavy atom. The fraction of sp³-hybridized carbons (Fsp3) is 0.500. The van der Waals surface area contributed by atoms with Crippen molar-refractivity contribution in [1.82, 2.24) is 14.7 Å². The summed E-state index contributed by atoms with van der Waals surface area (Å²) in [5.74, 6) is 1.60. The Balaban J connectivity index is 1.48. The first-order chi connectivity index (χ1) is 12.7.